The Labute approximate surface area is 246 Å². The fourth-order valence-electron chi connectivity index (χ4n) is 4.91. The van der Waals surface area contributed by atoms with Crippen molar-refractivity contribution >= 4 is 31.8 Å². The number of hydrogen-bond acceptors (Lipinski definition) is 9. The molecule has 2 aliphatic heterocycles. The number of carbonyl (C=O) groups is 1. The van der Waals surface area contributed by atoms with Crippen molar-refractivity contribution in [2.75, 3.05) is 25.4 Å². The van der Waals surface area contributed by atoms with E-state index in [-0.39, 0.29) is 54.4 Å². The van der Waals surface area contributed by atoms with Gasteiger partial charge in [0.2, 0.25) is 20.0 Å². The number of rotatable bonds is 10. The Balaban J connectivity index is 1.40. The lowest BCUT2D eigenvalue weighted by Crippen LogP contribution is -2.50. The topological polar surface area (TPSA) is 186 Å². The van der Waals surface area contributed by atoms with E-state index < -0.39 is 62.2 Å². The van der Waals surface area contributed by atoms with E-state index in [4.69, 9.17) is 5.11 Å². The summed E-state index contributed by atoms with van der Waals surface area (Å²) in [5, 5.41) is 30.1. The molecule has 43 heavy (non-hydrogen) atoms. The van der Waals surface area contributed by atoms with E-state index in [9.17, 15) is 45.0 Å². The second-order valence-electron chi connectivity index (χ2n) is 10.4. The van der Waals surface area contributed by atoms with E-state index >= 15 is 0 Å². The third-order valence-corrected chi connectivity index (χ3v) is 10.9. The average Bonchev–Trinajstić information content (AvgIpc) is 3.25. The molecule has 0 aromatic heterocycles. The molecule has 5 N–H and O–H groups in total. The highest BCUT2D eigenvalue weighted by Crippen LogP contribution is 2.34. The Hall–Kier alpha value is -2.93. The number of alkyl halides is 3. The lowest BCUT2D eigenvalue weighted by Gasteiger charge is -2.34. The van der Waals surface area contributed by atoms with Gasteiger partial charge < -0.3 is 20.6 Å². The average molecular weight is 649 g/mol. The molecule has 0 aliphatic carbocycles. The normalized spacial score (nSPS) is 18.6. The maximum absolute atomic E-state index is 13.1. The third kappa shape index (κ3) is 7.25. The van der Waals surface area contributed by atoms with Crippen LogP contribution in [0.3, 0.4) is 0 Å². The molecule has 1 unspecified atom stereocenters. The molecule has 1 fully saturated rings. The van der Waals surface area contributed by atoms with Crippen LogP contribution in [0.2, 0.25) is 0 Å². The number of halogens is 3. The first-order chi connectivity index (χ1) is 20.0. The number of hydrogen-bond donors (Lipinski definition) is 5. The van der Waals surface area contributed by atoms with Gasteiger partial charge in [-0.2, -0.15) is 13.2 Å². The molecule has 1 spiro atoms. The zero-order valence-corrected chi connectivity index (χ0v) is 24.5. The number of nitrogens with zero attached hydrogens (tertiary/aromatic N) is 2. The van der Waals surface area contributed by atoms with Crippen LogP contribution in [0.1, 0.15) is 35.1 Å². The van der Waals surface area contributed by atoms with Crippen LogP contribution in [0.15, 0.2) is 52.4 Å². The van der Waals surface area contributed by atoms with Crippen LogP contribution >= 0.6 is 0 Å². The molecule has 12 nitrogen and oxygen atoms in total. The van der Waals surface area contributed by atoms with Gasteiger partial charge in [-0.1, -0.05) is 18.2 Å². The smallest absolute Gasteiger partial charge is 0.395 e. The van der Waals surface area contributed by atoms with Gasteiger partial charge in [0.05, 0.1) is 28.9 Å². The van der Waals surface area contributed by atoms with Gasteiger partial charge in [0.15, 0.2) is 6.29 Å². The summed E-state index contributed by atoms with van der Waals surface area (Å²) in [7, 11) is -8.01. The van der Waals surface area contributed by atoms with Crippen LogP contribution in [-0.2, 0) is 37.4 Å². The first kappa shape index (κ1) is 33.0. The summed E-state index contributed by atoms with van der Waals surface area (Å²) in [5.74, 6) is -0.807. The van der Waals surface area contributed by atoms with E-state index in [1.807, 2.05) is 4.72 Å². The minimum Gasteiger partial charge on any atom is -0.395 e. The summed E-state index contributed by atoms with van der Waals surface area (Å²) in [6.45, 7) is 0.686. The highest BCUT2D eigenvalue weighted by Gasteiger charge is 2.47. The van der Waals surface area contributed by atoms with E-state index in [2.05, 4.69) is 10.3 Å². The molecule has 0 bridgehead atoms. The summed E-state index contributed by atoms with van der Waals surface area (Å²) in [6, 6.07) is 6.86. The lowest BCUT2D eigenvalue weighted by atomic mass is 9.89. The number of aliphatic hydroxyl groups is 3. The molecule has 17 heteroatoms. The van der Waals surface area contributed by atoms with Crippen molar-refractivity contribution < 1.29 is 50.1 Å². The van der Waals surface area contributed by atoms with Crippen LogP contribution in [-0.4, -0.2) is 91.5 Å². The number of aryl methyl sites for hydroxylation is 2. The van der Waals surface area contributed by atoms with Gasteiger partial charge in [-0.05, 0) is 61.6 Å². The number of nitrogens with one attached hydrogen (secondary N) is 2. The predicted molar refractivity (Wildman–Crippen MR) is 148 cm³/mol. The fourth-order valence-corrected chi connectivity index (χ4v) is 7.70. The van der Waals surface area contributed by atoms with Crippen molar-refractivity contribution in [3.05, 3.63) is 64.7 Å². The number of aliphatic hydroxyl groups excluding tert-OH is 2. The molecule has 2 aromatic rings. The van der Waals surface area contributed by atoms with Crippen LogP contribution < -0.4 is 10.0 Å². The molecule has 1 saturated heterocycles. The van der Waals surface area contributed by atoms with Crippen molar-refractivity contribution in [3.8, 4) is 0 Å². The summed E-state index contributed by atoms with van der Waals surface area (Å²) < 4.78 is 94.0. The quantitative estimate of drug-likeness (QED) is 0.227. The summed E-state index contributed by atoms with van der Waals surface area (Å²) >= 11 is 0. The first-order valence-corrected chi connectivity index (χ1v) is 16.2. The molecular formula is C26H31F3N4O8S2. The maximum Gasteiger partial charge on any atom is 0.416 e. The first-order valence-electron chi connectivity index (χ1n) is 13.1. The predicted octanol–water partition coefficient (Wildman–Crippen LogP) is 0.247. The van der Waals surface area contributed by atoms with Gasteiger partial charge in [0.1, 0.15) is 11.4 Å². The Bertz CT molecular complexity index is 1620. The lowest BCUT2D eigenvalue weighted by molar-refractivity contribution is -0.137. The Morgan fingerprint density at radius 2 is 1.77 bits per heavy atom. The Morgan fingerprint density at radius 1 is 1.09 bits per heavy atom. The SMILES string of the molecule is Cc1cc(S(=O)(=O)NC(CO)C(O)O)ccc1CCS(=O)(=O)N1CCC2(CC1)N=C(c1cccc(C(F)(F)F)c1)NC2=O. The van der Waals surface area contributed by atoms with Crippen LogP contribution in [0, 0.1) is 6.92 Å². The highest BCUT2D eigenvalue weighted by atomic mass is 32.2. The van der Waals surface area contributed by atoms with Gasteiger partial charge in [-0.15, -0.1) is 0 Å². The van der Waals surface area contributed by atoms with E-state index in [0.29, 0.717) is 11.1 Å². The van der Waals surface area contributed by atoms with E-state index in [1.165, 1.54) is 34.6 Å². The fraction of sp³-hybridized carbons (Fsp3) is 0.462. The van der Waals surface area contributed by atoms with Crippen LogP contribution in [0.5, 0.6) is 0 Å². The van der Waals surface area contributed by atoms with Crippen molar-refractivity contribution in [1.82, 2.24) is 14.3 Å². The van der Waals surface area contributed by atoms with Crippen LogP contribution in [0.25, 0.3) is 0 Å². The zero-order chi connectivity index (χ0) is 31.8. The summed E-state index contributed by atoms with van der Waals surface area (Å²) in [5.41, 5.74) is -1.05. The van der Waals surface area contributed by atoms with Crippen LogP contribution in [0.4, 0.5) is 13.2 Å². The summed E-state index contributed by atoms with van der Waals surface area (Å²) in [4.78, 5) is 17.0. The van der Waals surface area contributed by atoms with Gasteiger partial charge in [-0.25, -0.2) is 25.9 Å². The minimum atomic E-state index is -4.57. The van der Waals surface area contributed by atoms with Crippen molar-refractivity contribution in [2.24, 2.45) is 4.99 Å². The van der Waals surface area contributed by atoms with Gasteiger partial charge >= 0.3 is 6.18 Å². The monoisotopic (exact) mass is 648 g/mol. The summed E-state index contributed by atoms with van der Waals surface area (Å²) in [6.07, 6.45) is -6.56. The Morgan fingerprint density at radius 3 is 2.35 bits per heavy atom. The molecular weight excluding hydrogens is 617 g/mol. The molecule has 0 radical (unpaired) electrons. The van der Waals surface area contributed by atoms with Crippen molar-refractivity contribution in [3.63, 3.8) is 0 Å². The van der Waals surface area contributed by atoms with Gasteiger partial charge in [-0.3, -0.25) is 9.79 Å². The van der Waals surface area contributed by atoms with Crippen molar-refractivity contribution in [1.29, 1.82) is 0 Å². The number of piperidine rings is 1. The highest BCUT2D eigenvalue weighted by molar-refractivity contribution is 7.89. The molecule has 236 valence electrons. The van der Waals surface area contributed by atoms with Crippen molar-refractivity contribution in [2.45, 2.75) is 55.1 Å². The van der Waals surface area contributed by atoms with Gasteiger partial charge in [0.25, 0.3) is 5.91 Å². The number of benzene rings is 2. The largest absolute Gasteiger partial charge is 0.416 e. The van der Waals surface area contributed by atoms with Gasteiger partial charge in [0, 0.05) is 18.7 Å². The molecule has 1 atom stereocenters. The number of carbonyl (C=O) groups excluding carboxylic acids is 1. The molecule has 2 heterocycles. The number of aliphatic imine (C=N–C) groups is 1. The minimum absolute atomic E-state index is 0.00274. The Kier molecular flexibility index (Phi) is 9.37. The number of sulfonamides is 2. The van der Waals surface area contributed by atoms with E-state index in [0.717, 1.165) is 12.1 Å². The second-order valence-corrected chi connectivity index (χ2v) is 14.2. The molecule has 4 rings (SSSR count). The third-order valence-electron chi connectivity index (χ3n) is 7.50. The molecule has 0 saturated carbocycles. The molecule has 2 aliphatic rings. The zero-order valence-electron chi connectivity index (χ0n) is 22.9. The second kappa shape index (κ2) is 12.2. The number of amidine groups is 1. The number of amides is 1. The molecule has 2 aromatic carbocycles. The maximum atomic E-state index is 13.1. The van der Waals surface area contributed by atoms with E-state index in [1.54, 1.807) is 6.92 Å². The standard InChI is InChI=1S/C26H31F3N4O8S2/c1-16-13-20(43(40,41)32-21(15-34)23(35)36)6-5-17(16)7-12-42(38,39)33-10-8-25(9-11-33)24(37)30-22(31-25)18-3-2-4-19(14-18)26(27,28)29/h2-6,13-14,21,23,32,34-36H,7-12,15H2,1H3,(H,30,31,37). The molecule has 1 amide bonds.